The zero-order chi connectivity index (χ0) is 21.8. The Morgan fingerprint density at radius 3 is 2.42 bits per heavy atom. The highest BCUT2D eigenvalue weighted by atomic mass is 35.5. The van der Waals surface area contributed by atoms with Gasteiger partial charge in [-0.25, -0.2) is 0 Å². The number of ketones is 1. The minimum Gasteiger partial charge on any atom is -0.491 e. The number of benzene rings is 3. The molecule has 0 spiro atoms. The van der Waals surface area contributed by atoms with Gasteiger partial charge in [-0.2, -0.15) is 0 Å². The molecule has 0 saturated carbocycles. The molecule has 4 nitrogen and oxygen atoms in total. The Labute approximate surface area is 190 Å². The molecule has 1 heterocycles. The molecule has 0 bridgehead atoms. The summed E-state index contributed by atoms with van der Waals surface area (Å²) in [5, 5.41) is 0.541. The fourth-order valence-electron chi connectivity index (χ4n) is 4.13. The van der Waals surface area contributed by atoms with E-state index < -0.39 is 11.5 Å². The largest absolute Gasteiger partial charge is 0.491 e. The third-order valence-electron chi connectivity index (χ3n) is 5.46. The highest BCUT2D eigenvalue weighted by Crippen LogP contribution is 2.52. The van der Waals surface area contributed by atoms with Crippen molar-refractivity contribution in [3.05, 3.63) is 94.5 Å². The number of Topliss-reactive ketones (excluding diaryl/α,β-unsaturated/α-hetero) is 1. The number of rotatable bonds is 8. The predicted molar refractivity (Wildman–Crippen MR) is 121 cm³/mol. The van der Waals surface area contributed by atoms with Crippen LogP contribution >= 0.6 is 23.2 Å². The minimum absolute atomic E-state index is 0.101. The van der Waals surface area contributed by atoms with E-state index in [9.17, 15) is 9.59 Å². The summed E-state index contributed by atoms with van der Waals surface area (Å²) < 4.78 is 12.2. The molecule has 2 atom stereocenters. The van der Waals surface area contributed by atoms with Crippen molar-refractivity contribution in [2.75, 3.05) is 12.5 Å². The summed E-state index contributed by atoms with van der Waals surface area (Å²) in [5.74, 6) is 0.313. The van der Waals surface area contributed by atoms with Crippen molar-refractivity contribution < 1.29 is 19.1 Å². The van der Waals surface area contributed by atoms with Crippen LogP contribution in [0, 0.1) is 0 Å². The SMILES string of the molecule is O=CC[C@@H](c1ccccc1)[C@]1(c2ccc(Cl)cc2)Oc2cccc(OCCCl)c2C1=O. The number of halogens is 2. The molecular formula is C25H20Cl2O4. The zero-order valence-corrected chi connectivity index (χ0v) is 18.1. The Kier molecular flexibility index (Phi) is 6.30. The van der Waals surface area contributed by atoms with Gasteiger partial charge in [-0.15, -0.1) is 11.6 Å². The van der Waals surface area contributed by atoms with Crippen molar-refractivity contribution in [1.82, 2.24) is 0 Å². The molecule has 0 N–H and O–H groups in total. The molecule has 0 saturated heterocycles. The van der Waals surface area contributed by atoms with Gasteiger partial charge < -0.3 is 14.3 Å². The Morgan fingerprint density at radius 2 is 1.74 bits per heavy atom. The average Bonchev–Trinajstić information content (AvgIpc) is 3.10. The molecule has 3 aromatic carbocycles. The lowest BCUT2D eigenvalue weighted by atomic mass is 9.72. The third-order valence-corrected chi connectivity index (χ3v) is 5.86. The van der Waals surface area contributed by atoms with Gasteiger partial charge in [0.05, 0.1) is 5.88 Å². The van der Waals surface area contributed by atoms with E-state index in [0.29, 0.717) is 33.5 Å². The van der Waals surface area contributed by atoms with Crippen LogP contribution in [0.2, 0.25) is 5.02 Å². The molecule has 1 aliphatic rings. The first-order valence-corrected chi connectivity index (χ1v) is 10.8. The Hall–Kier alpha value is -2.82. The molecule has 1 aliphatic heterocycles. The van der Waals surface area contributed by atoms with E-state index in [-0.39, 0.29) is 18.8 Å². The van der Waals surface area contributed by atoms with Crippen LogP contribution in [0.3, 0.4) is 0 Å². The van der Waals surface area contributed by atoms with Gasteiger partial charge in [-0.3, -0.25) is 4.79 Å². The first-order valence-electron chi connectivity index (χ1n) is 9.92. The van der Waals surface area contributed by atoms with Crippen LogP contribution in [-0.4, -0.2) is 24.6 Å². The molecule has 3 aromatic rings. The Bertz CT molecular complexity index is 1080. The molecule has 0 aliphatic carbocycles. The van der Waals surface area contributed by atoms with Crippen molar-refractivity contribution in [2.45, 2.75) is 17.9 Å². The summed E-state index contributed by atoms with van der Waals surface area (Å²) >= 11 is 11.9. The summed E-state index contributed by atoms with van der Waals surface area (Å²) in [6.45, 7) is 0.260. The molecule has 31 heavy (non-hydrogen) atoms. The smallest absolute Gasteiger partial charge is 0.219 e. The summed E-state index contributed by atoms with van der Waals surface area (Å²) in [6, 6.07) is 21.6. The Balaban J connectivity index is 1.93. The monoisotopic (exact) mass is 454 g/mol. The van der Waals surface area contributed by atoms with Gasteiger partial charge in [0.25, 0.3) is 0 Å². The third kappa shape index (κ3) is 3.82. The van der Waals surface area contributed by atoms with Crippen LogP contribution in [0.15, 0.2) is 72.8 Å². The molecule has 0 radical (unpaired) electrons. The minimum atomic E-state index is -1.43. The molecule has 6 heteroatoms. The number of fused-ring (bicyclic) bond motifs is 1. The second-order valence-corrected chi connectivity index (χ2v) is 8.02. The van der Waals surface area contributed by atoms with Crippen LogP contribution in [0.25, 0.3) is 0 Å². The van der Waals surface area contributed by atoms with Gasteiger partial charge in [0.1, 0.15) is 30.0 Å². The summed E-state index contributed by atoms with van der Waals surface area (Å²) in [6.07, 6.45) is 0.921. The second-order valence-electron chi connectivity index (χ2n) is 7.21. The number of hydrogen-bond donors (Lipinski definition) is 0. The maximum atomic E-state index is 14.1. The highest BCUT2D eigenvalue weighted by Gasteiger charge is 2.56. The molecule has 0 aromatic heterocycles. The van der Waals surface area contributed by atoms with E-state index in [4.69, 9.17) is 32.7 Å². The lowest BCUT2D eigenvalue weighted by Crippen LogP contribution is -2.43. The maximum absolute atomic E-state index is 14.1. The molecule has 0 amide bonds. The molecule has 4 rings (SSSR count). The van der Waals surface area contributed by atoms with Crippen molar-refractivity contribution in [3.63, 3.8) is 0 Å². The molecule has 0 unspecified atom stereocenters. The van der Waals surface area contributed by atoms with Crippen molar-refractivity contribution >= 4 is 35.3 Å². The standard InChI is InChI=1S/C25H20Cl2O4/c26-14-16-30-21-7-4-8-22-23(21)24(29)25(31-22,18-9-11-19(27)12-10-18)20(13-15-28)17-5-2-1-3-6-17/h1-12,15,20H,13-14,16H2/t20-,25-/m0/s1. The van der Waals surface area contributed by atoms with E-state index >= 15 is 0 Å². The van der Waals surface area contributed by atoms with Gasteiger partial charge >= 0.3 is 0 Å². The molecule has 158 valence electrons. The zero-order valence-electron chi connectivity index (χ0n) is 16.6. The van der Waals surface area contributed by atoms with Crippen LogP contribution in [0.5, 0.6) is 11.5 Å². The molecular weight excluding hydrogens is 435 g/mol. The number of hydrogen-bond acceptors (Lipinski definition) is 4. The summed E-state index contributed by atoms with van der Waals surface area (Å²) in [4.78, 5) is 25.8. The first kappa shape index (κ1) is 21.4. The molecule has 0 fully saturated rings. The number of carbonyl (C=O) groups is 2. The Morgan fingerprint density at radius 1 is 1.00 bits per heavy atom. The van der Waals surface area contributed by atoms with Crippen LogP contribution < -0.4 is 9.47 Å². The number of ether oxygens (including phenoxy) is 2. The van der Waals surface area contributed by atoms with Crippen LogP contribution in [-0.2, 0) is 10.4 Å². The van der Waals surface area contributed by atoms with E-state index in [0.717, 1.165) is 11.8 Å². The fourth-order valence-corrected chi connectivity index (χ4v) is 4.33. The topological polar surface area (TPSA) is 52.6 Å². The predicted octanol–water partition coefficient (Wildman–Crippen LogP) is 5.80. The summed E-state index contributed by atoms with van der Waals surface area (Å²) in [7, 11) is 0. The van der Waals surface area contributed by atoms with E-state index in [1.807, 2.05) is 30.3 Å². The van der Waals surface area contributed by atoms with Crippen molar-refractivity contribution in [2.24, 2.45) is 0 Å². The van der Waals surface area contributed by atoms with E-state index in [1.54, 1.807) is 42.5 Å². The lowest BCUT2D eigenvalue weighted by Gasteiger charge is -2.35. The highest BCUT2D eigenvalue weighted by molar-refractivity contribution is 6.30. The number of aldehydes is 1. The normalized spacial score (nSPS) is 18.2. The maximum Gasteiger partial charge on any atom is 0.219 e. The quantitative estimate of drug-likeness (QED) is 0.318. The average molecular weight is 455 g/mol. The van der Waals surface area contributed by atoms with Gasteiger partial charge in [-0.1, -0.05) is 60.1 Å². The van der Waals surface area contributed by atoms with Crippen molar-refractivity contribution in [1.29, 1.82) is 0 Å². The van der Waals surface area contributed by atoms with Crippen molar-refractivity contribution in [3.8, 4) is 11.5 Å². The number of alkyl halides is 1. The van der Waals surface area contributed by atoms with Crippen LogP contribution in [0.1, 0.15) is 33.8 Å². The van der Waals surface area contributed by atoms with Crippen LogP contribution in [0.4, 0.5) is 0 Å². The lowest BCUT2D eigenvalue weighted by molar-refractivity contribution is -0.109. The fraction of sp³-hybridized carbons (Fsp3) is 0.200. The first-order chi connectivity index (χ1) is 15.1. The van der Waals surface area contributed by atoms with Gasteiger partial charge in [0, 0.05) is 22.9 Å². The van der Waals surface area contributed by atoms with Gasteiger partial charge in [-0.05, 0) is 29.8 Å². The van der Waals surface area contributed by atoms with Gasteiger partial charge in [0.15, 0.2) is 0 Å². The summed E-state index contributed by atoms with van der Waals surface area (Å²) in [5.41, 5.74) is 0.371. The number of carbonyl (C=O) groups excluding carboxylic acids is 2. The second kappa shape index (κ2) is 9.13. The van der Waals surface area contributed by atoms with Gasteiger partial charge in [0.2, 0.25) is 11.4 Å². The van der Waals surface area contributed by atoms with E-state index in [1.165, 1.54) is 0 Å². The van der Waals surface area contributed by atoms with E-state index in [2.05, 4.69) is 0 Å².